The van der Waals surface area contributed by atoms with Crippen LogP contribution in [-0.4, -0.2) is 24.8 Å². The Hall–Kier alpha value is -1.60. The fraction of sp³-hybridized carbons (Fsp3) is 0.812. The van der Waals surface area contributed by atoms with Crippen LogP contribution in [0.3, 0.4) is 0 Å². The minimum absolute atomic E-state index is 0.00137. The van der Waals surface area contributed by atoms with Gasteiger partial charge in [-0.2, -0.15) is 5.26 Å². The number of esters is 1. The van der Waals surface area contributed by atoms with Crippen LogP contribution in [0.2, 0.25) is 0 Å². The van der Waals surface area contributed by atoms with Crippen molar-refractivity contribution >= 4 is 5.97 Å². The van der Waals surface area contributed by atoms with Crippen molar-refractivity contribution in [3.05, 3.63) is 23.3 Å². The van der Waals surface area contributed by atoms with Crippen LogP contribution < -0.4 is 0 Å². The molecule has 1 N–H and O–H groups in total. The lowest BCUT2D eigenvalue weighted by atomic mass is 9.34. The van der Waals surface area contributed by atoms with Crippen LogP contribution in [0.1, 0.15) is 99.3 Å². The highest BCUT2D eigenvalue weighted by molar-refractivity contribution is 5.78. The number of nitrogens with zero attached hydrogens (tertiary/aromatic N) is 1. The molecule has 4 nitrogen and oxygen atoms in total. The van der Waals surface area contributed by atoms with E-state index in [1.54, 1.807) is 7.11 Å². The number of aliphatic hydroxyl groups is 1. The molecular formula is C32H47NO3. The zero-order chi connectivity index (χ0) is 26.4. The van der Waals surface area contributed by atoms with E-state index in [4.69, 9.17) is 4.74 Å². The summed E-state index contributed by atoms with van der Waals surface area (Å²) < 4.78 is 5.48. The number of ether oxygens (including phenoxy) is 1. The van der Waals surface area contributed by atoms with Crippen LogP contribution >= 0.6 is 0 Å². The van der Waals surface area contributed by atoms with Gasteiger partial charge in [-0.1, -0.05) is 59.3 Å². The number of nitriles is 1. The lowest BCUT2D eigenvalue weighted by Crippen LogP contribution is -2.64. The Kier molecular flexibility index (Phi) is 5.75. The molecule has 5 rings (SSSR count). The highest BCUT2D eigenvalue weighted by atomic mass is 16.5. The first-order valence-corrected chi connectivity index (χ1v) is 14.3. The maximum Gasteiger partial charge on any atom is 0.312 e. The van der Waals surface area contributed by atoms with Crippen LogP contribution in [-0.2, 0) is 9.53 Å². The van der Waals surface area contributed by atoms with Crippen LogP contribution in [0.5, 0.6) is 0 Å². The average Bonchev–Trinajstić information content (AvgIpc) is 2.83. The molecule has 5 aliphatic rings. The number of allylic oxidation sites excluding steroid dienone is 4. The Labute approximate surface area is 218 Å². The quantitative estimate of drug-likeness (QED) is 0.332. The molecule has 0 bridgehead atoms. The summed E-state index contributed by atoms with van der Waals surface area (Å²) in [6.07, 6.45) is 13.7. The minimum atomic E-state index is -0.381. The summed E-state index contributed by atoms with van der Waals surface area (Å²) in [5, 5.41) is 20.5. The van der Waals surface area contributed by atoms with E-state index in [0.29, 0.717) is 18.3 Å². The Morgan fingerprint density at radius 2 is 1.78 bits per heavy atom. The van der Waals surface area contributed by atoms with Crippen molar-refractivity contribution in [2.45, 2.75) is 99.3 Å². The fourth-order valence-electron chi connectivity index (χ4n) is 10.6. The third kappa shape index (κ3) is 3.17. The molecule has 0 saturated heterocycles. The van der Waals surface area contributed by atoms with E-state index < -0.39 is 0 Å². The smallest absolute Gasteiger partial charge is 0.312 e. The molecule has 198 valence electrons. The van der Waals surface area contributed by atoms with Crippen molar-refractivity contribution in [1.29, 1.82) is 5.26 Å². The first-order valence-electron chi connectivity index (χ1n) is 14.3. The van der Waals surface area contributed by atoms with Gasteiger partial charge in [-0.15, -0.1) is 0 Å². The number of carbonyl (C=O) groups is 1. The number of aliphatic hydroxyl groups excluding tert-OH is 1. The van der Waals surface area contributed by atoms with Gasteiger partial charge in [0.2, 0.25) is 0 Å². The predicted octanol–water partition coefficient (Wildman–Crippen LogP) is 6.99. The van der Waals surface area contributed by atoms with Crippen molar-refractivity contribution in [2.75, 3.05) is 13.7 Å². The lowest BCUT2D eigenvalue weighted by Gasteiger charge is -2.70. The number of hydrogen-bond acceptors (Lipinski definition) is 4. The van der Waals surface area contributed by atoms with E-state index in [9.17, 15) is 15.2 Å². The Morgan fingerprint density at radius 1 is 1.08 bits per heavy atom. The standard InChI is InChI=1S/C32H47NO3/c1-27(2)12-14-32(26(35)36-7)15-13-30(5)22(23(32)18-27)8-9-25-29(4)17-21(19-33)16-28(3,20-34)24(29)10-11-31(25,30)6/h8,17,23-25,34H,9-16,18,20H2,1-7H3/t23-,24-,25+,28-,29-,30+,31+,32-/m0/s1. The molecule has 3 saturated carbocycles. The molecule has 36 heavy (non-hydrogen) atoms. The van der Waals surface area contributed by atoms with Crippen molar-refractivity contribution in [3.63, 3.8) is 0 Å². The first kappa shape index (κ1) is 26.0. The molecule has 0 unspecified atom stereocenters. The van der Waals surface area contributed by atoms with Gasteiger partial charge in [0.25, 0.3) is 0 Å². The zero-order valence-corrected chi connectivity index (χ0v) is 23.7. The van der Waals surface area contributed by atoms with Crippen LogP contribution in [0, 0.1) is 61.6 Å². The fourth-order valence-corrected chi connectivity index (χ4v) is 10.6. The summed E-state index contributed by atoms with van der Waals surface area (Å²) in [5.74, 6) is 1.03. The summed E-state index contributed by atoms with van der Waals surface area (Å²) in [6, 6.07) is 2.48. The largest absolute Gasteiger partial charge is 0.469 e. The summed E-state index contributed by atoms with van der Waals surface area (Å²) in [5.41, 5.74) is 1.94. The maximum absolute atomic E-state index is 13.4. The second-order valence-corrected chi connectivity index (χ2v) is 15.0. The summed E-state index contributed by atoms with van der Waals surface area (Å²) in [6.45, 7) is 14.5. The molecule has 0 heterocycles. The first-order chi connectivity index (χ1) is 16.8. The molecule has 0 aromatic heterocycles. The number of methoxy groups -OCH3 is 1. The van der Waals surface area contributed by atoms with Gasteiger partial charge in [-0.3, -0.25) is 4.79 Å². The topological polar surface area (TPSA) is 70.3 Å². The molecule has 8 atom stereocenters. The minimum Gasteiger partial charge on any atom is -0.469 e. The van der Waals surface area contributed by atoms with Gasteiger partial charge in [0.1, 0.15) is 0 Å². The molecule has 0 radical (unpaired) electrons. The Balaban J connectivity index is 1.64. The molecule has 4 heteroatoms. The molecule has 0 aromatic carbocycles. The van der Waals surface area contributed by atoms with Gasteiger partial charge in [0, 0.05) is 12.2 Å². The van der Waals surface area contributed by atoms with E-state index in [1.165, 1.54) is 5.57 Å². The van der Waals surface area contributed by atoms with E-state index in [1.807, 2.05) is 0 Å². The SMILES string of the molecule is COC(=O)[C@]12CCC(C)(C)C[C@H]1C1=CC[C@@H]3[C@@]4(C)C=C(C#N)C[C@@](C)(CO)[C@@H]4CC[C@@]3(C)[C@]1(C)CC2. The normalized spacial score (nSPS) is 49.1. The van der Waals surface area contributed by atoms with Gasteiger partial charge < -0.3 is 9.84 Å². The molecule has 5 aliphatic carbocycles. The molecule has 0 amide bonds. The third-order valence-electron chi connectivity index (χ3n) is 12.8. The number of hydrogen-bond donors (Lipinski definition) is 1. The lowest BCUT2D eigenvalue weighted by molar-refractivity contribution is -0.178. The Bertz CT molecular complexity index is 1070. The van der Waals surface area contributed by atoms with Gasteiger partial charge >= 0.3 is 5.97 Å². The highest BCUT2D eigenvalue weighted by Crippen LogP contribution is 2.75. The number of fused-ring (bicyclic) bond motifs is 7. The van der Waals surface area contributed by atoms with Crippen molar-refractivity contribution < 1.29 is 14.6 Å². The van der Waals surface area contributed by atoms with E-state index >= 15 is 0 Å². The summed E-state index contributed by atoms with van der Waals surface area (Å²) in [4.78, 5) is 13.4. The van der Waals surface area contributed by atoms with Crippen molar-refractivity contribution in [2.24, 2.45) is 50.2 Å². The second kappa shape index (κ2) is 7.95. The molecule has 0 aliphatic heterocycles. The van der Waals surface area contributed by atoms with Crippen molar-refractivity contribution in [1.82, 2.24) is 0 Å². The average molecular weight is 494 g/mol. The number of rotatable bonds is 2. The Morgan fingerprint density at radius 3 is 2.42 bits per heavy atom. The van der Waals surface area contributed by atoms with Gasteiger partial charge in [0.15, 0.2) is 0 Å². The zero-order valence-electron chi connectivity index (χ0n) is 23.7. The van der Waals surface area contributed by atoms with Crippen LogP contribution in [0.4, 0.5) is 0 Å². The van der Waals surface area contributed by atoms with Crippen LogP contribution in [0.25, 0.3) is 0 Å². The highest BCUT2D eigenvalue weighted by Gasteiger charge is 2.68. The van der Waals surface area contributed by atoms with E-state index in [-0.39, 0.29) is 51.0 Å². The van der Waals surface area contributed by atoms with Gasteiger partial charge in [0.05, 0.1) is 18.6 Å². The number of carbonyl (C=O) groups excluding carboxylic acids is 1. The molecule has 3 fully saturated rings. The molecular weight excluding hydrogens is 446 g/mol. The second-order valence-electron chi connectivity index (χ2n) is 15.0. The maximum atomic E-state index is 13.4. The van der Waals surface area contributed by atoms with Crippen LogP contribution in [0.15, 0.2) is 23.3 Å². The van der Waals surface area contributed by atoms with Gasteiger partial charge in [-0.25, -0.2) is 0 Å². The summed E-state index contributed by atoms with van der Waals surface area (Å²) in [7, 11) is 1.57. The van der Waals surface area contributed by atoms with E-state index in [2.05, 4.69) is 59.8 Å². The van der Waals surface area contributed by atoms with E-state index in [0.717, 1.165) is 56.9 Å². The molecule has 0 spiro atoms. The predicted molar refractivity (Wildman–Crippen MR) is 142 cm³/mol. The molecule has 0 aromatic rings. The monoisotopic (exact) mass is 493 g/mol. The third-order valence-corrected chi connectivity index (χ3v) is 12.8. The van der Waals surface area contributed by atoms with Gasteiger partial charge in [-0.05, 0) is 103 Å². The van der Waals surface area contributed by atoms with Crippen molar-refractivity contribution in [3.8, 4) is 6.07 Å². The summed E-state index contributed by atoms with van der Waals surface area (Å²) >= 11 is 0.